The zero-order valence-electron chi connectivity index (χ0n) is 14.8. The molecule has 3 aromatic heterocycles. The van der Waals surface area contributed by atoms with Crippen LogP contribution in [0.15, 0.2) is 24.4 Å². The van der Waals surface area contributed by atoms with E-state index in [4.69, 9.17) is 4.98 Å². The first kappa shape index (κ1) is 16.0. The normalized spacial score (nSPS) is 18.8. The average molecular weight is 400 g/mol. The van der Waals surface area contributed by atoms with Gasteiger partial charge in [0.1, 0.15) is 15.4 Å². The highest BCUT2D eigenvalue weighted by atomic mass is 32.1. The Morgan fingerprint density at radius 3 is 2.93 bits per heavy atom. The van der Waals surface area contributed by atoms with E-state index in [0.717, 1.165) is 40.4 Å². The first-order chi connectivity index (χ1) is 13.1. The molecule has 1 aromatic carbocycles. The second-order valence-electron chi connectivity index (χ2n) is 7.60. The lowest BCUT2D eigenvalue weighted by atomic mass is 10.1. The minimum Gasteiger partial charge on any atom is -0.360 e. The lowest BCUT2D eigenvalue weighted by Crippen LogP contribution is -2.52. The number of aromatic nitrogens is 3. The van der Waals surface area contributed by atoms with Gasteiger partial charge >= 0.3 is 0 Å². The van der Waals surface area contributed by atoms with Crippen LogP contribution in [0.25, 0.3) is 31.0 Å². The molecule has 1 saturated heterocycles. The van der Waals surface area contributed by atoms with Gasteiger partial charge in [0.15, 0.2) is 5.82 Å². The molecule has 1 N–H and O–H groups in total. The van der Waals surface area contributed by atoms with Crippen LogP contribution in [0.2, 0.25) is 0 Å². The molecule has 1 aliphatic heterocycles. The number of thiophene rings is 1. The Morgan fingerprint density at radius 1 is 1.22 bits per heavy atom. The smallest absolute Gasteiger partial charge is 0.152 e. The fourth-order valence-electron chi connectivity index (χ4n) is 3.97. The zero-order chi connectivity index (χ0) is 18.2. The molecule has 5 nitrogen and oxygen atoms in total. The highest BCUT2D eigenvalue weighted by molar-refractivity contribution is 7.30. The summed E-state index contributed by atoms with van der Waals surface area (Å²) in [6.07, 6.45) is 4.41. The number of rotatable bonds is 2. The SMILES string of the molecule is Cn1cc2cc(-c3nc4sc(N5CCNC6(CC6)C5)cc4s3)cc(F)c2n1. The van der Waals surface area contributed by atoms with E-state index in [2.05, 4.69) is 21.4 Å². The number of fused-ring (bicyclic) bond motifs is 2. The van der Waals surface area contributed by atoms with Gasteiger partial charge < -0.3 is 10.2 Å². The third-order valence-electron chi connectivity index (χ3n) is 5.54. The minimum atomic E-state index is -0.294. The second-order valence-corrected chi connectivity index (χ2v) is 9.64. The number of nitrogens with one attached hydrogen (secondary N) is 1. The molecule has 4 heterocycles. The Hall–Kier alpha value is -2.03. The molecule has 27 heavy (non-hydrogen) atoms. The van der Waals surface area contributed by atoms with Crippen LogP contribution < -0.4 is 10.2 Å². The van der Waals surface area contributed by atoms with E-state index in [-0.39, 0.29) is 5.82 Å². The molecule has 0 unspecified atom stereocenters. The molecule has 2 aliphatic rings. The molecule has 0 bridgehead atoms. The number of anilines is 1. The fourth-order valence-corrected chi connectivity index (χ4v) is 6.19. The van der Waals surface area contributed by atoms with Crippen molar-refractivity contribution in [3.63, 3.8) is 0 Å². The van der Waals surface area contributed by atoms with Crippen molar-refractivity contribution in [3.8, 4) is 10.6 Å². The van der Waals surface area contributed by atoms with Gasteiger partial charge in [0.2, 0.25) is 0 Å². The Bertz CT molecular complexity index is 1150. The maximum atomic E-state index is 14.4. The van der Waals surface area contributed by atoms with E-state index in [1.807, 2.05) is 19.3 Å². The highest BCUT2D eigenvalue weighted by Crippen LogP contribution is 2.43. The molecule has 4 aromatic rings. The van der Waals surface area contributed by atoms with Crippen molar-refractivity contribution in [2.24, 2.45) is 7.05 Å². The molecule has 138 valence electrons. The van der Waals surface area contributed by atoms with E-state index >= 15 is 0 Å². The number of hydrogen-bond donors (Lipinski definition) is 1. The van der Waals surface area contributed by atoms with E-state index < -0.39 is 0 Å². The summed E-state index contributed by atoms with van der Waals surface area (Å²) < 4.78 is 17.2. The molecule has 2 fully saturated rings. The number of nitrogens with zero attached hydrogens (tertiary/aromatic N) is 4. The van der Waals surface area contributed by atoms with Crippen LogP contribution in [0, 0.1) is 5.82 Å². The van der Waals surface area contributed by atoms with Gasteiger partial charge in [0.05, 0.1) is 9.70 Å². The van der Waals surface area contributed by atoms with Gasteiger partial charge in [-0.05, 0) is 31.0 Å². The van der Waals surface area contributed by atoms with Gasteiger partial charge in [-0.2, -0.15) is 5.10 Å². The maximum Gasteiger partial charge on any atom is 0.152 e. The van der Waals surface area contributed by atoms with Gasteiger partial charge in [0.25, 0.3) is 0 Å². The van der Waals surface area contributed by atoms with Crippen LogP contribution in [0.1, 0.15) is 12.8 Å². The Labute approximate surface area is 163 Å². The van der Waals surface area contributed by atoms with Crippen molar-refractivity contribution in [2.45, 2.75) is 18.4 Å². The molecule has 1 aliphatic carbocycles. The summed E-state index contributed by atoms with van der Waals surface area (Å²) in [5.41, 5.74) is 1.60. The standard InChI is InChI=1S/C19H18FN5S2/c1-24-9-12-6-11(7-13(20)16(12)23-24)17-22-18-14(26-17)8-15(27-18)25-5-4-21-19(10-25)2-3-19/h6-9,21H,2-5,10H2,1H3. The molecular weight excluding hydrogens is 381 g/mol. The second kappa shape index (κ2) is 5.50. The van der Waals surface area contributed by atoms with Crippen molar-refractivity contribution < 1.29 is 4.39 Å². The summed E-state index contributed by atoms with van der Waals surface area (Å²) in [6.45, 7) is 3.19. The summed E-state index contributed by atoms with van der Waals surface area (Å²) in [6, 6.07) is 5.77. The summed E-state index contributed by atoms with van der Waals surface area (Å²) in [4.78, 5) is 8.34. The van der Waals surface area contributed by atoms with E-state index in [1.165, 1.54) is 22.5 Å². The van der Waals surface area contributed by atoms with Crippen LogP contribution in [0.3, 0.4) is 0 Å². The lowest BCUT2D eigenvalue weighted by molar-refractivity contribution is 0.444. The van der Waals surface area contributed by atoms with Crippen molar-refractivity contribution in [2.75, 3.05) is 24.5 Å². The van der Waals surface area contributed by atoms with Gasteiger partial charge in [-0.15, -0.1) is 11.3 Å². The lowest BCUT2D eigenvalue weighted by Gasteiger charge is -2.34. The number of aryl methyl sites for hydroxylation is 1. The molecule has 0 amide bonds. The first-order valence-electron chi connectivity index (χ1n) is 9.12. The van der Waals surface area contributed by atoms with Crippen LogP contribution in [0.5, 0.6) is 0 Å². The summed E-state index contributed by atoms with van der Waals surface area (Å²) >= 11 is 3.38. The van der Waals surface area contributed by atoms with Crippen LogP contribution in [-0.4, -0.2) is 39.9 Å². The van der Waals surface area contributed by atoms with Crippen molar-refractivity contribution in [3.05, 3.63) is 30.2 Å². The fraction of sp³-hybridized carbons (Fsp3) is 0.368. The average Bonchev–Trinajstić information content (AvgIpc) is 2.99. The van der Waals surface area contributed by atoms with E-state index in [1.54, 1.807) is 33.4 Å². The van der Waals surface area contributed by atoms with Gasteiger partial charge in [0, 0.05) is 49.4 Å². The molecular formula is C19H18FN5S2. The molecule has 1 saturated carbocycles. The van der Waals surface area contributed by atoms with E-state index in [0.29, 0.717) is 11.1 Å². The van der Waals surface area contributed by atoms with Crippen molar-refractivity contribution >= 4 is 48.1 Å². The predicted octanol–water partition coefficient (Wildman–Crippen LogP) is 3.99. The van der Waals surface area contributed by atoms with Crippen LogP contribution in [-0.2, 0) is 7.05 Å². The Kier molecular flexibility index (Phi) is 3.25. The summed E-state index contributed by atoms with van der Waals surface area (Å²) in [5.74, 6) is -0.294. The molecule has 6 rings (SSSR count). The Morgan fingerprint density at radius 2 is 2.11 bits per heavy atom. The maximum absolute atomic E-state index is 14.4. The molecule has 1 spiro atoms. The Balaban J connectivity index is 1.36. The number of halogens is 1. The summed E-state index contributed by atoms with van der Waals surface area (Å²) in [5, 5.41) is 10.8. The number of hydrogen-bond acceptors (Lipinski definition) is 6. The third kappa shape index (κ3) is 2.58. The number of benzene rings is 1. The minimum absolute atomic E-state index is 0.294. The monoisotopic (exact) mass is 399 g/mol. The van der Waals surface area contributed by atoms with Crippen LogP contribution >= 0.6 is 22.7 Å². The molecule has 0 atom stereocenters. The zero-order valence-corrected chi connectivity index (χ0v) is 16.5. The third-order valence-corrected chi connectivity index (χ3v) is 7.81. The van der Waals surface area contributed by atoms with Gasteiger partial charge in [-0.25, -0.2) is 9.37 Å². The quantitative estimate of drug-likeness (QED) is 0.554. The number of thiazole rings is 1. The van der Waals surface area contributed by atoms with Crippen molar-refractivity contribution in [1.29, 1.82) is 0 Å². The van der Waals surface area contributed by atoms with Crippen LogP contribution in [0.4, 0.5) is 9.39 Å². The summed E-state index contributed by atoms with van der Waals surface area (Å²) in [7, 11) is 1.81. The van der Waals surface area contributed by atoms with Crippen molar-refractivity contribution in [1.82, 2.24) is 20.1 Å². The molecule has 0 radical (unpaired) electrons. The number of piperazine rings is 1. The largest absolute Gasteiger partial charge is 0.360 e. The van der Waals surface area contributed by atoms with E-state index in [9.17, 15) is 4.39 Å². The van der Waals surface area contributed by atoms with Gasteiger partial charge in [-0.3, -0.25) is 4.68 Å². The predicted molar refractivity (Wildman–Crippen MR) is 109 cm³/mol. The topological polar surface area (TPSA) is 46.0 Å². The van der Waals surface area contributed by atoms with Gasteiger partial charge in [-0.1, -0.05) is 11.3 Å². The highest BCUT2D eigenvalue weighted by Gasteiger charge is 2.45. The molecule has 8 heteroatoms. The first-order valence-corrected chi connectivity index (χ1v) is 10.8.